The number of fused-ring (bicyclic) bond motifs is 1. The van der Waals surface area contributed by atoms with Crippen molar-refractivity contribution in [2.24, 2.45) is 10.2 Å². The second kappa shape index (κ2) is 9.07. The molecule has 3 aromatic carbocycles. The monoisotopic (exact) mass is 455 g/mol. The van der Waals surface area contributed by atoms with Gasteiger partial charge in [-0.05, 0) is 54.6 Å². The average Bonchev–Trinajstić information content (AvgIpc) is 3.09. The summed E-state index contributed by atoms with van der Waals surface area (Å²) in [6.45, 7) is 0. The van der Waals surface area contributed by atoms with Crippen LogP contribution in [0.5, 0.6) is 17.4 Å². The van der Waals surface area contributed by atoms with Gasteiger partial charge in [-0.3, -0.25) is 4.79 Å². The Hall–Kier alpha value is -3.55. The van der Waals surface area contributed by atoms with E-state index in [2.05, 4.69) is 15.2 Å². The molecule has 1 amide bonds. The maximum atomic E-state index is 12.8. The Morgan fingerprint density at radius 2 is 1.42 bits per heavy atom. The van der Waals surface area contributed by atoms with Crippen LogP contribution in [-0.2, 0) is 4.79 Å². The Morgan fingerprint density at radius 3 is 2.00 bits per heavy atom. The van der Waals surface area contributed by atoms with Crippen molar-refractivity contribution in [3.8, 4) is 17.4 Å². The van der Waals surface area contributed by atoms with Crippen molar-refractivity contribution in [3.63, 3.8) is 0 Å². The van der Waals surface area contributed by atoms with Crippen LogP contribution in [0.1, 0.15) is 0 Å². The van der Waals surface area contributed by atoms with Crippen molar-refractivity contribution in [1.82, 2.24) is 4.98 Å². The first-order valence-corrected chi connectivity index (χ1v) is 9.85. The van der Waals surface area contributed by atoms with Crippen molar-refractivity contribution in [2.75, 3.05) is 0 Å². The predicted octanol–water partition coefficient (Wildman–Crippen LogP) is 6.27. The third kappa shape index (κ3) is 4.96. The van der Waals surface area contributed by atoms with E-state index in [1.165, 1.54) is 0 Å². The van der Waals surface area contributed by atoms with Gasteiger partial charge in [-0.1, -0.05) is 41.4 Å². The first kappa shape index (κ1) is 20.7. The Kier molecular flexibility index (Phi) is 6.06. The number of halogens is 2. The lowest BCUT2D eigenvalue weighted by Gasteiger charge is -2.17. The minimum absolute atomic E-state index is 0.140. The molecule has 31 heavy (non-hydrogen) atoms. The zero-order valence-corrected chi connectivity index (χ0v) is 17.3. The largest absolute Gasteiger partial charge is 0.493 e. The fraction of sp³-hybridized carbons (Fsp3) is 0.0455. The van der Waals surface area contributed by atoms with Gasteiger partial charge in [0.1, 0.15) is 11.5 Å². The van der Waals surface area contributed by atoms with E-state index in [-0.39, 0.29) is 11.6 Å². The van der Waals surface area contributed by atoms with Crippen LogP contribution in [0.25, 0.3) is 10.9 Å². The predicted molar refractivity (Wildman–Crippen MR) is 117 cm³/mol. The molecule has 9 heteroatoms. The number of rotatable bonds is 6. The summed E-state index contributed by atoms with van der Waals surface area (Å²) in [6.07, 6.45) is -1.43. The molecule has 2 N–H and O–H groups in total. The van der Waals surface area contributed by atoms with E-state index in [4.69, 9.17) is 32.7 Å². The van der Waals surface area contributed by atoms with E-state index in [0.717, 1.165) is 0 Å². The van der Waals surface area contributed by atoms with E-state index in [1.807, 2.05) is 0 Å². The molecule has 0 aliphatic heterocycles. The first-order chi connectivity index (χ1) is 15.0. The summed E-state index contributed by atoms with van der Waals surface area (Å²) in [4.78, 5) is 15.5. The molecule has 0 unspecified atom stereocenters. The van der Waals surface area contributed by atoms with Crippen molar-refractivity contribution in [3.05, 3.63) is 82.8 Å². The number of carbonyl (C=O) groups is 1. The number of H-pyrrole nitrogens is 1. The number of benzene rings is 3. The molecule has 156 valence electrons. The molecule has 0 atom stereocenters. The summed E-state index contributed by atoms with van der Waals surface area (Å²) < 4.78 is 11.3. The summed E-state index contributed by atoms with van der Waals surface area (Å²) in [5.41, 5.74) is 0.800. The highest BCUT2D eigenvalue weighted by molar-refractivity contribution is 6.30. The average molecular weight is 456 g/mol. The van der Waals surface area contributed by atoms with Crippen LogP contribution in [0, 0.1) is 0 Å². The lowest BCUT2D eigenvalue weighted by molar-refractivity contribution is -0.137. The maximum absolute atomic E-state index is 12.8. The number of amides is 1. The minimum atomic E-state index is -1.43. The molecule has 0 saturated carbocycles. The van der Waals surface area contributed by atoms with Crippen molar-refractivity contribution in [1.29, 1.82) is 0 Å². The fourth-order valence-electron chi connectivity index (χ4n) is 2.76. The number of aromatic nitrogens is 1. The van der Waals surface area contributed by atoms with Crippen LogP contribution in [0.4, 0.5) is 5.69 Å². The van der Waals surface area contributed by atoms with E-state index in [9.17, 15) is 9.90 Å². The third-order valence-corrected chi connectivity index (χ3v) is 4.73. The Balaban J connectivity index is 1.60. The maximum Gasteiger partial charge on any atom is 0.346 e. The van der Waals surface area contributed by atoms with Crippen LogP contribution < -0.4 is 9.47 Å². The Morgan fingerprint density at radius 1 is 0.871 bits per heavy atom. The number of nitrogens with zero attached hydrogens (tertiary/aromatic N) is 2. The molecule has 0 aliphatic carbocycles. The second-order valence-electron chi connectivity index (χ2n) is 6.38. The highest BCUT2D eigenvalue weighted by Gasteiger charge is 2.23. The number of azo groups is 1. The van der Waals surface area contributed by atoms with Gasteiger partial charge in [0.2, 0.25) is 5.88 Å². The molecule has 7 nitrogen and oxygen atoms in total. The van der Waals surface area contributed by atoms with Gasteiger partial charge in [0, 0.05) is 15.4 Å². The molecular formula is C22H15Cl2N3O4. The van der Waals surface area contributed by atoms with Crippen LogP contribution in [0.3, 0.4) is 0 Å². The number of para-hydroxylation sites is 1. The van der Waals surface area contributed by atoms with Crippen molar-refractivity contribution in [2.45, 2.75) is 6.29 Å². The summed E-state index contributed by atoms with van der Waals surface area (Å²) in [6, 6.07) is 20.0. The number of nitrogens with one attached hydrogen (secondary N) is 1. The van der Waals surface area contributed by atoms with Gasteiger partial charge in [0.25, 0.3) is 0 Å². The first-order valence-electron chi connectivity index (χ1n) is 9.09. The minimum Gasteiger partial charge on any atom is -0.493 e. The summed E-state index contributed by atoms with van der Waals surface area (Å²) in [7, 11) is 0. The molecule has 4 rings (SSSR count). The standard InChI is InChI=1S/C22H15Cl2N3O4/c23-13-5-9-15(10-6-13)30-22(31-16-11-7-14(24)8-12-16)21(29)27-26-19-17-3-1-2-4-18(17)25-20(19)28/h1-12,22,25,28H. The zero-order chi connectivity index (χ0) is 21.8. The molecule has 0 fully saturated rings. The Bertz CT molecular complexity index is 1190. The number of hydrogen-bond acceptors (Lipinski definition) is 5. The number of aromatic hydroxyl groups is 1. The topological polar surface area (TPSA) is 96.3 Å². The zero-order valence-electron chi connectivity index (χ0n) is 15.8. The van der Waals surface area contributed by atoms with E-state index >= 15 is 0 Å². The van der Waals surface area contributed by atoms with Crippen LogP contribution >= 0.6 is 23.2 Å². The fourth-order valence-corrected chi connectivity index (χ4v) is 3.01. The van der Waals surface area contributed by atoms with Gasteiger partial charge in [-0.2, -0.15) is 0 Å². The molecule has 1 heterocycles. The number of ether oxygens (including phenoxy) is 2. The molecule has 0 aliphatic rings. The van der Waals surface area contributed by atoms with Gasteiger partial charge in [-0.25, -0.2) is 0 Å². The smallest absolute Gasteiger partial charge is 0.346 e. The van der Waals surface area contributed by atoms with E-state index < -0.39 is 12.2 Å². The third-order valence-electron chi connectivity index (χ3n) is 4.22. The molecular weight excluding hydrogens is 441 g/mol. The molecule has 1 aromatic heterocycles. The lowest BCUT2D eigenvalue weighted by atomic mass is 10.2. The molecule has 0 bridgehead atoms. The number of hydrogen-bond donors (Lipinski definition) is 2. The van der Waals surface area contributed by atoms with Crippen LogP contribution in [0.15, 0.2) is 83.0 Å². The quantitative estimate of drug-likeness (QED) is 0.264. The van der Waals surface area contributed by atoms with E-state index in [0.29, 0.717) is 32.4 Å². The normalized spacial score (nSPS) is 11.3. The second-order valence-corrected chi connectivity index (χ2v) is 7.25. The van der Waals surface area contributed by atoms with Gasteiger partial charge in [-0.15, -0.1) is 10.2 Å². The van der Waals surface area contributed by atoms with Gasteiger partial charge in [0.15, 0.2) is 5.69 Å². The van der Waals surface area contributed by atoms with E-state index in [1.54, 1.807) is 72.8 Å². The van der Waals surface area contributed by atoms with Crippen molar-refractivity contribution < 1.29 is 19.4 Å². The van der Waals surface area contributed by atoms with Gasteiger partial charge in [0.05, 0.1) is 5.52 Å². The molecule has 0 radical (unpaired) electrons. The highest BCUT2D eigenvalue weighted by atomic mass is 35.5. The summed E-state index contributed by atoms with van der Waals surface area (Å²) in [5.74, 6) is -0.315. The van der Waals surface area contributed by atoms with Crippen LogP contribution in [0.2, 0.25) is 10.0 Å². The van der Waals surface area contributed by atoms with Crippen LogP contribution in [-0.4, -0.2) is 22.3 Å². The summed E-state index contributed by atoms with van der Waals surface area (Å²) >= 11 is 11.8. The lowest BCUT2D eigenvalue weighted by Crippen LogP contribution is -2.32. The van der Waals surface area contributed by atoms with Crippen molar-refractivity contribution >= 4 is 45.7 Å². The highest BCUT2D eigenvalue weighted by Crippen LogP contribution is 2.35. The van der Waals surface area contributed by atoms with Gasteiger partial charge >= 0.3 is 12.2 Å². The summed E-state index contributed by atoms with van der Waals surface area (Å²) in [5, 5.41) is 19.4. The number of carbonyl (C=O) groups excluding carboxylic acids is 1. The molecule has 0 saturated heterocycles. The SMILES string of the molecule is O=C(N=Nc1c(O)[nH]c2ccccc12)C(Oc1ccc(Cl)cc1)Oc1ccc(Cl)cc1. The molecule has 0 spiro atoms. The Labute approximate surface area is 186 Å². The van der Waals surface area contributed by atoms with Gasteiger partial charge < -0.3 is 19.6 Å². The number of aromatic amines is 1. The molecule has 4 aromatic rings.